The van der Waals surface area contributed by atoms with Gasteiger partial charge in [0.05, 0.1) is 0 Å². The number of allylic oxidation sites excluding steroid dienone is 1. The lowest BCUT2D eigenvalue weighted by molar-refractivity contribution is -0.274. The van der Waals surface area contributed by atoms with Gasteiger partial charge < -0.3 is 14.2 Å². The fourth-order valence-corrected chi connectivity index (χ4v) is 5.48. The van der Waals surface area contributed by atoms with Gasteiger partial charge in [0.15, 0.2) is 0 Å². The quantitative estimate of drug-likeness (QED) is 0.374. The van der Waals surface area contributed by atoms with Crippen molar-refractivity contribution in [2.24, 2.45) is 11.8 Å². The molecule has 0 radical (unpaired) electrons. The van der Waals surface area contributed by atoms with Crippen molar-refractivity contribution in [1.82, 2.24) is 15.0 Å². The summed E-state index contributed by atoms with van der Waals surface area (Å²) >= 11 is 1.82. The van der Waals surface area contributed by atoms with E-state index in [4.69, 9.17) is 4.52 Å². The lowest BCUT2D eigenvalue weighted by Gasteiger charge is -2.36. The number of hydrogen-bond donors (Lipinski definition) is 0. The van der Waals surface area contributed by atoms with Crippen LogP contribution in [0.1, 0.15) is 42.5 Å². The summed E-state index contributed by atoms with van der Waals surface area (Å²) in [6.45, 7) is 0. The van der Waals surface area contributed by atoms with Crippen molar-refractivity contribution >= 4 is 17.4 Å². The normalized spacial score (nSPS) is 20.4. The van der Waals surface area contributed by atoms with Gasteiger partial charge in [-0.1, -0.05) is 17.3 Å². The van der Waals surface area contributed by atoms with Crippen LogP contribution in [0.25, 0.3) is 17.5 Å². The van der Waals surface area contributed by atoms with Crippen molar-refractivity contribution in [2.45, 2.75) is 38.1 Å². The summed E-state index contributed by atoms with van der Waals surface area (Å²) in [7, 11) is 4.31. The van der Waals surface area contributed by atoms with Gasteiger partial charge in [0.1, 0.15) is 5.75 Å². The van der Waals surface area contributed by atoms with Gasteiger partial charge in [-0.05, 0) is 93.4 Å². The number of thiophene rings is 1. The minimum absolute atomic E-state index is 0.291. The second-order valence-electron chi connectivity index (χ2n) is 8.49. The van der Waals surface area contributed by atoms with Gasteiger partial charge in [-0.2, -0.15) is 4.98 Å². The third-order valence-corrected chi connectivity index (χ3v) is 6.90. The number of hydrogen-bond acceptors (Lipinski definition) is 6. The smallest absolute Gasteiger partial charge is 0.406 e. The van der Waals surface area contributed by atoms with E-state index in [9.17, 15) is 13.2 Å². The molecule has 0 N–H and O–H groups in total. The standard InChI is InChI=1S/C24H26F3N3O2S/c1-30(2)22(20-4-3-15-33-20)17-8-5-16(6-9-17)7-14-21-28-23(29-32-21)18-10-12-19(13-11-18)31-24(25,26)27/h3-4,7,10-17,22H,5-6,8-9H2,1-2H3. The summed E-state index contributed by atoms with van der Waals surface area (Å²) in [5.41, 5.74) is 0.553. The molecule has 176 valence electrons. The van der Waals surface area contributed by atoms with E-state index < -0.39 is 6.36 Å². The van der Waals surface area contributed by atoms with Crippen LogP contribution >= 0.6 is 11.3 Å². The molecule has 3 aromatic rings. The number of halogens is 3. The van der Waals surface area contributed by atoms with Crippen LogP contribution in [0.5, 0.6) is 5.75 Å². The molecule has 4 rings (SSSR count). The number of rotatable bonds is 7. The molecule has 1 fully saturated rings. The Bertz CT molecular complexity index is 1040. The van der Waals surface area contributed by atoms with Crippen LogP contribution < -0.4 is 4.74 Å². The minimum Gasteiger partial charge on any atom is -0.406 e. The van der Waals surface area contributed by atoms with E-state index in [0.717, 1.165) is 25.7 Å². The zero-order valence-corrected chi connectivity index (χ0v) is 19.3. The predicted octanol–water partition coefficient (Wildman–Crippen LogP) is 6.82. The topological polar surface area (TPSA) is 51.4 Å². The first-order valence-corrected chi connectivity index (χ1v) is 11.7. The highest BCUT2D eigenvalue weighted by Crippen LogP contribution is 2.41. The molecule has 33 heavy (non-hydrogen) atoms. The molecule has 2 heterocycles. The SMILES string of the molecule is CN(C)C(c1cccs1)C1CCC(C=Cc2nc(-c3ccc(OC(F)(F)F)cc3)no2)CC1. The summed E-state index contributed by atoms with van der Waals surface area (Å²) in [6, 6.07) is 10.2. The van der Waals surface area contributed by atoms with E-state index in [2.05, 4.69) is 57.5 Å². The van der Waals surface area contributed by atoms with E-state index >= 15 is 0 Å². The fraction of sp³-hybridized carbons (Fsp3) is 0.417. The molecular formula is C24H26F3N3O2S. The molecule has 1 aromatic carbocycles. The molecule has 1 aliphatic rings. The zero-order valence-electron chi connectivity index (χ0n) is 18.5. The summed E-state index contributed by atoms with van der Waals surface area (Å²) in [6.07, 6.45) is 3.79. The van der Waals surface area contributed by atoms with Crippen molar-refractivity contribution < 1.29 is 22.4 Å². The van der Waals surface area contributed by atoms with Gasteiger partial charge >= 0.3 is 6.36 Å². The van der Waals surface area contributed by atoms with Crippen LogP contribution in [-0.2, 0) is 0 Å². The number of nitrogens with zero attached hydrogens (tertiary/aromatic N) is 3. The van der Waals surface area contributed by atoms with Crippen molar-refractivity contribution in [1.29, 1.82) is 0 Å². The molecule has 1 atom stereocenters. The lowest BCUT2D eigenvalue weighted by atomic mass is 9.77. The number of aromatic nitrogens is 2. The Morgan fingerprint density at radius 2 is 1.85 bits per heavy atom. The van der Waals surface area contributed by atoms with E-state index in [1.54, 1.807) is 0 Å². The zero-order chi connectivity index (χ0) is 23.4. The lowest BCUT2D eigenvalue weighted by Crippen LogP contribution is -2.29. The summed E-state index contributed by atoms with van der Waals surface area (Å²) in [5, 5.41) is 6.08. The first-order chi connectivity index (χ1) is 15.8. The average molecular weight is 478 g/mol. The second kappa shape index (κ2) is 10.1. The van der Waals surface area contributed by atoms with Gasteiger partial charge in [0.25, 0.3) is 5.89 Å². The molecule has 0 spiro atoms. The first kappa shape index (κ1) is 23.5. The molecule has 1 aliphatic carbocycles. The number of alkyl halides is 3. The van der Waals surface area contributed by atoms with Crippen LogP contribution in [0.4, 0.5) is 13.2 Å². The van der Waals surface area contributed by atoms with Gasteiger partial charge in [-0.25, -0.2) is 0 Å². The molecule has 9 heteroatoms. The molecule has 1 unspecified atom stereocenters. The number of benzene rings is 1. The first-order valence-electron chi connectivity index (χ1n) is 10.9. The Labute approximate surface area is 194 Å². The van der Waals surface area contributed by atoms with Crippen LogP contribution in [0, 0.1) is 11.8 Å². The van der Waals surface area contributed by atoms with Crippen molar-refractivity contribution in [3.63, 3.8) is 0 Å². The summed E-state index contributed by atoms with van der Waals surface area (Å²) in [4.78, 5) is 8.09. The maximum absolute atomic E-state index is 12.3. The van der Waals surface area contributed by atoms with E-state index in [-0.39, 0.29) is 5.75 Å². The Kier molecular flexibility index (Phi) is 7.19. The minimum atomic E-state index is -4.72. The third kappa shape index (κ3) is 6.23. The van der Waals surface area contributed by atoms with Crippen LogP contribution in [0.15, 0.2) is 52.4 Å². The Morgan fingerprint density at radius 1 is 1.12 bits per heavy atom. The molecule has 0 amide bonds. The van der Waals surface area contributed by atoms with Gasteiger partial charge in [0, 0.05) is 16.5 Å². The second-order valence-corrected chi connectivity index (χ2v) is 9.47. The largest absolute Gasteiger partial charge is 0.573 e. The highest BCUT2D eigenvalue weighted by atomic mass is 32.1. The molecule has 2 aromatic heterocycles. The molecule has 5 nitrogen and oxygen atoms in total. The average Bonchev–Trinajstić information content (AvgIpc) is 3.45. The Balaban J connectivity index is 1.33. The van der Waals surface area contributed by atoms with Crippen LogP contribution in [-0.4, -0.2) is 35.5 Å². The fourth-order valence-electron chi connectivity index (χ4n) is 4.47. The summed E-state index contributed by atoms with van der Waals surface area (Å²) in [5.74, 6) is 1.51. The highest BCUT2D eigenvalue weighted by molar-refractivity contribution is 7.10. The maximum Gasteiger partial charge on any atom is 0.573 e. The van der Waals surface area contributed by atoms with Crippen molar-refractivity contribution in [3.8, 4) is 17.1 Å². The van der Waals surface area contributed by atoms with E-state index in [1.807, 2.05) is 17.4 Å². The maximum atomic E-state index is 12.3. The molecule has 1 saturated carbocycles. The molecular weight excluding hydrogens is 451 g/mol. The highest BCUT2D eigenvalue weighted by Gasteiger charge is 2.31. The van der Waals surface area contributed by atoms with E-state index in [1.165, 1.54) is 29.1 Å². The molecule has 0 aliphatic heterocycles. The van der Waals surface area contributed by atoms with Gasteiger partial charge in [-0.15, -0.1) is 24.5 Å². The van der Waals surface area contributed by atoms with Crippen molar-refractivity contribution in [3.05, 3.63) is 58.6 Å². The molecule has 0 bridgehead atoms. The van der Waals surface area contributed by atoms with Crippen molar-refractivity contribution in [2.75, 3.05) is 14.1 Å². The van der Waals surface area contributed by atoms with Crippen LogP contribution in [0.2, 0.25) is 0 Å². The van der Waals surface area contributed by atoms with Gasteiger partial charge in [0.2, 0.25) is 5.82 Å². The van der Waals surface area contributed by atoms with E-state index in [0.29, 0.717) is 35.2 Å². The Hall–Kier alpha value is -2.65. The third-order valence-electron chi connectivity index (χ3n) is 5.95. The molecule has 0 saturated heterocycles. The van der Waals surface area contributed by atoms with Crippen LogP contribution in [0.3, 0.4) is 0 Å². The Morgan fingerprint density at radius 3 is 2.45 bits per heavy atom. The predicted molar refractivity (Wildman–Crippen MR) is 122 cm³/mol. The summed E-state index contributed by atoms with van der Waals surface area (Å²) < 4.78 is 46.1. The van der Waals surface area contributed by atoms with Gasteiger partial charge in [-0.3, -0.25) is 0 Å². The number of ether oxygens (including phenoxy) is 1. The monoisotopic (exact) mass is 477 g/mol.